The molecule has 0 aliphatic heterocycles. The maximum absolute atomic E-state index is 14.0. The molecule has 1 N–H and O–H groups in total. The Labute approximate surface area is 125 Å². The highest BCUT2D eigenvalue weighted by Crippen LogP contribution is 2.26. The maximum atomic E-state index is 14.0. The lowest BCUT2D eigenvalue weighted by atomic mass is 10.1. The Morgan fingerprint density at radius 3 is 2.81 bits per heavy atom. The van der Waals surface area contributed by atoms with Gasteiger partial charge in [0.1, 0.15) is 11.6 Å². The highest BCUT2D eigenvalue weighted by molar-refractivity contribution is 5.78. The number of nitrogens with zero attached hydrogens (tertiary/aromatic N) is 1. The van der Waals surface area contributed by atoms with Gasteiger partial charge in [0.15, 0.2) is 6.61 Å². The number of hydrogen-bond donors (Lipinski definition) is 1. The fourth-order valence-corrected chi connectivity index (χ4v) is 2.28. The van der Waals surface area contributed by atoms with Crippen LogP contribution in [-0.2, 0) is 4.79 Å². The molecule has 1 saturated carbocycles. The molecule has 1 unspecified atom stereocenters. The summed E-state index contributed by atoms with van der Waals surface area (Å²) in [5, 5.41) is 3.17. The van der Waals surface area contributed by atoms with Crippen LogP contribution in [0.25, 0.3) is 0 Å². The number of halogens is 1. The number of ether oxygens (including phenoxy) is 1. The van der Waals surface area contributed by atoms with Crippen LogP contribution in [0.3, 0.4) is 0 Å². The average molecular weight is 294 g/mol. The normalized spacial score (nSPS) is 15.6. The van der Waals surface area contributed by atoms with Gasteiger partial charge in [-0.25, -0.2) is 4.39 Å². The number of carbonyl (C=O) groups is 1. The fraction of sp³-hybridized carbons (Fsp3) is 0.562. The molecule has 1 aliphatic carbocycles. The Balaban J connectivity index is 1.92. The van der Waals surface area contributed by atoms with Crippen LogP contribution in [0.4, 0.5) is 4.39 Å². The standard InChI is InChI=1S/C16H23FN2O2/c1-4-18-11(2)14-8-7-13(9-15(14)17)21-10-16(20)19(3)12-5-6-12/h7-9,11-12,18H,4-6,10H2,1-3H3. The number of hydrogen-bond acceptors (Lipinski definition) is 3. The first kappa shape index (κ1) is 15.8. The van der Waals surface area contributed by atoms with Crippen LogP contribution in [0.15, 0.2) is 18.2 Å². The molecule has 0 radical (unpaired) electrons. The fourth-order valence-electron chi connectivity index (χ4n) is 2.28. The lowest BCUT2D eigenvalue weighted by Crippen LogP contribution is -2.33. The van der Waals surface area contributed by atoms with Crippen molar-refractivity contribution >= 4 is 5.91 Å². The zero-order chi connectivity index (χ0) is 15.4. The Morgan fingerprint density at radius 2 is 2.24 bits per heavy atom. The van der Waals surface area contributed by atoms with Crippen molar-refractivity contribution in [1.29, 1.82) is 0 Å². The molecule has 2 rings (SSSR count). The zero-order valence-electron chi connectivity index (χ0n) is 12.9. The van der Waals surface area contributed by atoms with Gasteiger partial charge in [0.2, 0.25) is 0 Å². The molecule has 1 aromatic rings. The maximum Gasteiger partial charge on any atom is 0.260 e. The summed E-state index contributed by atoms with van der Waals surface area (Å²) >= 11 is 0. The van der Waals surface area contributed by atoms with E-state index in [4.69, 9.17) is 4.74 Å². The summed E-state index contributed by atoms with van der Waals surface area (Å²) in [5.41, 5.74) is 0.602. The van der Waals surface area contributed by atoms with Crippen molar-refractivity contribution in [2.24, 2.45) is 0 Å². The smallest absolute Gasteiger partial charge is 0.260 e. The van der Waals surface area contributed by atoms with Gasteiger partial charge in [0.25, 0.3) is 5.91 Å². The first-order chi connectivity index (χ1) is 10.0. The summed E-state index contributed by atoms with van der Waals surface area (Å²) in [6, 6.07) is 5.06. The van der Waals surface area contributed by atoms with Crippen molar-refractivity contribution in [2.75, 3.05) is 20.2 Å². The zero-order valence-corrected chi connectivity index (χ0v) is 12.9. The van der Waals surface area contributed by atoms with Crippen LogP contribution in [0.5, 0.6) is 5.75 Å². The van der Waals surface area contributed by atoms with Gasteiger partial charge in [-0.15, -0.1) is 0 Å². The van der Waals surface area contributed by atoms with Gasteiger partial charge >= 0.3 is 0 Å². The van der Waals surface area contributed by atoms with Gasteiger partial charge < -0.3 is 15.0 Å². The number of likely N-dealkylation sites (N-methyl/N-ethyl adjacent to an activating group) is 1. The molecular weight excluding hydrogens is 271 g/mol. The third kappa shape index (κ3) is 4.17. The van der Waals surface area contributed by atoms with Gasteiger partial charge in [-0.3, -0.25) is 4.79 Å². The Bertz CT molecular complexity index is 503. The Morgan fingerprint density at radius 1 is 1.52 bits per heavy atom. The average Bonchev–Trinajstić information content (AvgIpc) is 3.28. The molecule has 1 amide bonds. The summed E-state index contributed by atoms with van der Waals surface area (Å²) in [7, 11) is 1.78. The van der Waals surface area contributed by atoms with Crippen molar-refractivity contribution in [3.05, 3.63) is 29.6 Å². The molecular formula is C16H23FN2O2. The number of nitrogens with one attached hydrogen (secondary N) is 1. The van der Waals surface area contributed by atoms with E-state index in [-0.39, 0.29) is 24.4 Å². The van der Waals surface area contributed by atoms with Gasteiger partial charge in [0, 0.05) is 30.8 Å². The minimum absolute atomic E-state index is 0.0471. The van der Waals surface area contributed by atoms with Crippen LogP contribution in [0.1, 0.15) is 38.3 Å². The van der Waals surface area contributed by atoms with Crippen molar-refractivity contribution < 1.29 is 13.9 Å². The van der Waals surface area contributed by atoms with Crippen LogP contribution in [0.2, 0.25) is 0 Å². The molecule has 0 saturated heterocycles. The molecule has 0 aromatic heterocycles. The molecule has 0 heterocycles. The summed E-state index contributed by atoms with van der Waals surface area (Å²) in [6.07, 6.45) is 2.13. The minimum atomic E-state index is -0.316. The molecule has 1 aromatic carbocycles. The molecule has 0 bridgehead atoms. The van der Waals surface area contributed by atoms with E-state index in [1.165, 1.54) is 6.07 Å². The molecule has 0 spiro atoms. The predicted molar refractivity (Wildman–Crippen MR) is 79.8 cm³/mol. The van der Waals surface area contributed by atoms with Gasteiger partial charge in [-0.05, 0) is 32.4 Å². The molecule has 1 atom stereocenters. The summed E-state index contributed by atoms with van der Waals surface area (Å²) in [4.78, 5) is 13.5. The first-order valence-electron chi connectivity index (χ1n) is 7.44. The van der Waals surface area contributed by atoms with Gasteiger partial charge in [-0.1, -0.05) is 13.0 Å². The summed E-state index contributed by atoms with van der Waals surface area (Å²) < 4.78 is 19.4. The van der Waals surface area contributed by atoms with Crippen molar-refractivity contribution in [2.45, 2.75) is 38.8 Å². The highest BCUT2D eigenvalue weighted by Gasteiger charge is 2.29. The van der Waals surface area contributed by atoms with Crippen LogP contribution < -0.4 is 10.1 Å². The van der Waals surface area contributed by atoms with E-state index in [1.54, 1.807) is 24.1 Å². The van der Waals surface area contributed by atoms with Gasteiger partial charge in [0.05, 0.1) is 0 Å². The number of amides is 1. The van der Waals surface area contributed by atoms with E-state index in [0.717, 1.165) is 19.4 Å². The highest BCUT2D eigenvalue weighted by atomic mass is 19.1. The van der Waals surface area contributed by atoms with Crippen LogP contribution in [-0.4, -0.2) is 37.0 Å². The van der Waals surface area contributed by atoms with E-state index in [0.29, 0.717) is 17.4 Å². The monoisotopic (exact) mass is 294 g/mol. The lowest BCUT2D eigenvalue weighted by Gasteiger charge is -2.17. The number of carbonyl (C=O) groups excluding carboxylic acids is 1. The number of benzene rings is 1. The second-order valence-electron chi connectivity index (χ2n) is 5.49. The molecule has 21 heavy (non-hydrogen) atoms. The predicted octanol–water partition coefficient (Wildman–Crippen LogP) is 2.50. The molecule has 5 heteroatoms. The molecule has 116 valence electrons. The van der Waals surface area contributed by atoms with E-state index in [2.05, 4.69) is 5.32 Å². The van der Waals surface area contributed by atoms with Crippen LogP contribution >= 0.6 is 0 Å². The Kier molecular flexibility index (Phi) is 5.17. The van der Waals surface area contributed by atoms with Gasteiger partial charge in [-0.2, -0.15) is 0 Å². The van der Waals surface area contributed by atoms with E-state index in [9.17, 15) is 9.18 Å². The number of rotatable bonds is 7. The topological polar surface area (TPSA) is 41.6 Å². The van der Waals surface area contributed by atoms with E-state index < -0.39 is 0 Å². The second kappa shape index (κ2) is 6.89. The molecule has 1 fully saturated rings. The van der Waals surface area contributed by atoms with Crippen molar-refractivity contribution in [3.63, 3.8) is 0 Å². The minimum Gasteiger partial charge on any atom is -0.484 e. The lowest BCUT2D eigenvalue weighted by molar-refractivity contribution is -0.132. The van der Waals surface area contributed by atoms with Crippen LogP contribution in [0, 0.1) is 5.82 Å². The summed E-state index contributed by atoms with van der Waals surface area (Å²) in [5.74, 6) is 0.00412. The largest absolute Gasteiger partial charge is 0.484 e. The second-order valence-corrected chi connectivity index (χ2v) is 5.49. The Hall–Kier alpha value is -1.62. The van der Waals surface area contributed by atoms with E-state index in [1.807, 2.05) is 13.8 Å². The third-order valence-corrected chi connectivity index (χ3v) is 3.80. The quantitative estimate of drug-likeness (QED) is 0.840. The SMILES string of the molecule is CCNC(C)c1ccc(OCC(=O)N(C)C2CC2)cc1F. The molecule has 1 aliphatic rings. The summed E-state index contributed by atoms with van der Waals surface area (Å²) in [6.45, 7) is 4.62. The van der Waals surface area contributed by atoms with E-state index >= 15 is 0 Å². The third-order valence-electron chi connectivity index (χ3n) is 3.80. The first-order valence-corrected chi connectivity index (χ1v) is 7.44. The molecule has 4 nitrogen and oxygen atoms in total. The van der Waals surface area contributed by atoms with Crippen molar-refractivity contribution in [3.8, 4) is 5.75 Å². The van der Waals surface area contributed by atoms with Crippen molar-refractivity contribution in [1.82, 2.24) is 10.2 Å².